The molecule has 1 aromatic carbocycles. The first-order valence-electron chi connectivity index (χ1n) is 9.32. The lowest BCUT2D eigenvalue weighted by Crippen LogP contribution is -2.43. The Balaban J connectivity index is 1.38. The lowest BCUT2D eigenvalue weighted by molar-refractivity contribution is -0.121. The van der Waals surface area contributed by atoms with Crippen molar-refractivity contribution < 1.29 is 9.53 Å². The Morgan fingerprint density at radius 2 is 2.08 bits per heavy atom. The molecule has 25 heavy (non-hydrogen) atoms. The van der Waals surface area contributed by atoms with Crippen LogP contribution in [0.4, 0.5) is 11.4 Å². The molecule has 1 aromatic rings. The standard InChI is InChI=1S/C19H27N3O2S/c1-21-10-11-24-17-4-2-3-16(18(17)21)20-19(23)14-5-8-22(9-6-14)15-7-12-25-13-15/h2-4,14-15H,5-13H2,1H3,(H,20,23). The van der Waals surface area contributed by atoms with Crippen LogP contribution in [0.3, 0.4) is 0 Å². The fourth-order valence-corrected chi connectivity index (χ4v) is 5.36. The summed E-state index contributed by atoms with van der Waals surface area (Å²) in [6.07, 6.45) is 3.24. The average molecular weight is 362 g/mol. The van der Waals surface area contributed by atoms with Crippen LogP contribution in [0.1, 0.15) is 19.3 Å². The summed E-state index contributed by atoms with van der Waals surface area (Å²) in [5, 5.41) is 3.17. The maximum Gasteiger partial charge on any atom is 0.227 e. The second-order valence-electron chi connectivity index (χ2n) is 7.24. The average Bonchev–Trinajstić information content (AvgIpc) is 3.17. The number of piperidine rings is 1. The summed E-state index contributed by atoms with van der Waals surface area (Å²) in [5.41, 5.74) is 1.88. The van der Waals surface area contributed by atoms with Gasteiger partial charge in [-0.3, -0.25) is 9.69 Å². The molecule has 3 aliphatic heterocycles. The molecule has 136 valence electrons. The molecule has 1 amide bonds. The number of para-hydroxylation sites is 1. The molecule has 4 rings (SSSR count). The number of hydrogen-bond donors (Lipinski definition) is 1. The van der Waals surface area contributed by atoms with E-state index in [0.29, 0.717) is 6.61 Å². The quantitative estimate of drug-likeness (QED) is 0.897. The molecule has 1 N–H and O–H groups in total. The van der Waals surface area contributed by atoms with Gasteiger partial charge in [-0.2, -0.15) is 11.8 Å². The number of amides is 1. The number of carbonyl (C=O) groups excluding carboxylic acids is 1. The Hall–Kier alpha value is -1.40. The molecule has 6 heteroatoms. The second kappa shape index (κ2) is 7.46. The minimum atomic E-state index is 0.121. The first kappa shape index (κ1) is 17.0. The van der Waals surface area contributed by atoms with Gasteiger partial charge in [-0.1, -0.05) is 6.07 Å². The van der Waals surface area contributed by atoms with Crippen LogP contribution in [0.2, 0.25) is 0 Å². The molecule has 0 saturated carbocycles. The van der Waals surface area contributed by atoms with Crippen molar-refractivity contribution in [1.29, 1.82) is 0 Å². The minimum absolute atomic E-state index is 0.121. The van der Waals surface area contributed by atoms with E-state index in [1.807, 2.05) is 18.2 Å². The smallest absolute Gasteiger partial charge is 0.227 e. The van der Waals surface area contributed by atoms with E-state index in [4.69, 9.17) is 4.74 Å². The normalized spacial score (nSPS) is 24.7. The molecular weight excluding hydrogens is 334 g/mol. The molecule has 0 spiro atoms. The summed E-state index contributed by atoms with van der Waals surface area (Å²) < 4.78 is 5.73. The number of likely N-dealkylation sites (N-methyl/N-ethyl adjacent to an activating group) is 1. The van der Waals surface area contributed by atoms with Gasteiger partial charge in [0.1, 0.15) is 18.0 Å². The van der Waals surface area contributed by atoms with Gasteiger partial charge in [-0.15, -0.1) is 0 Å². The number of hydrogen-bond acceptors (Lipinski definition) is 5. The van der Waals surface area contributed by atoms with Gasteiger partial charge in [0.2, 0.25) is 5.91 Å². The Kier molecular flexibility index (Phi) is 5.08. The van der Waals surface area contributed by atoms with Crippen molar-refractivity contribution in [2.24, 2.45) is 5.92 Å². The second-order valence-corrected chi connectivity index (χ2v) is 8.39. The summed E-state index contributed by atoms with van der Waals surface area (Å²) in [6.45, 7) is 3.65. The van der Waals surface area contributed by atoms with E-state index in [-0.39, 0.29) is 11.8 Å². The fourth-order valence-electron chi connectivity index (χ4n) is 4.11. The molecule has 5 nitrogen and oxygen atoms in total. The van der Waals surface area contributed by atoms with Crippen molar-refractivity contribution in [1.82, 2.24) is 4.90 Å². The number of carbonyl (C=O) groups is 1. The third-order valence-corrected chi connectivity index (χ3v) is 6.79. The van der Waals surface area contributed by atoms with E-state index in [1.165, 1.54) is 17.9 Å². The Labute approximate surface area is 154 Å². The van der Waals surface area contributed by atoms with Gasteiger partial charge in [-0.05, 0) is 50.2 Å². The van der Waals surface area contributed by atoms with Gasteiger partial charge in [0.05, 0.1) is 12.2 Å². The molecule has 1 unspecified atom stereocenters. The lowest BCUT2D eigenvalue weighted by atomic mass is 9.94. The van der Waals surface area contributed by atoms with Crippen LogP contribution < -0.4 is 15.0 Å². The molecule has 2 saturated heterocycles. The highest BCUT2D eigenvalue weighted by atomic mass is 32.2. The van der Waals surface area contributed by atoms with E-state index in [1.54, 1.807) is 0 Å². The third kappa shape index (κ3) is 3.60. The van der Waals surface area contributed by atoms with E-state index >= 15 is 0 Å². The summed E-state index contributed by atoms with van der Waals surface area (Å²) in [6, 6.07) is 6.64. The van der Waals surface area contributed by atoms with E-state index in [2.05, 4.69) is 33.9 Å². The molecule has 1 atom stereocenters. The largest absolute Gasteiger partial charge is 0.489 e. The van der Waals surface area contributed by atoms with E-state index in [9.17, 15) is 4.79 Å². The summed E-state index contributed by atoms with van der Waals surface area (Å²) >= 11 is 2.06. The number of anilines is 2. The van der Waals surface area contributed by atoms with Crippen molar-refractivity contribution in [3.8, 4) is 5.75 Å². The van der Waals surface area contributed by atoms with Crippen LogP contribution in [-0.2, 0) is 4.79 Å². The van der Waals surface area contributed by atoms with Crippen molar-refractivity contribution in [3.63, 3.8) is 0 Å². The van der Waals surface area contributed by atoms with Crippen molar-refractivity contribution >= 4 is 29.0 Å². The summed E-state index contributed by atoms with van der Waals surface area (Å²) in [7, 11) is 2.05. The SMILES string of the molecule is CN1CCOc2cccc(NC(=O)C3CCN(C4CCSC4)CC3)c21. The van der Waals surface area contributed by atoms with Gasteiger partial charge in [0.25, 0.3) is 0 Å². The van der Waals surface area contributed by atoms with E-state index < -0.39 is 0 Å². The maximum absolute atomic E-state index is 12.8. The molecule has 0 bridgehead atoms. The highest BCUT2D eigenvalue weighted by Crippen LogP contribution is 2.38. The van der Waals surface area contributed by atoms with Gasteiger partial charge >= 0.3 is 0 Å². The van der Waals surface area contributed by atoms with Crippen LogP contribution >= 0.6 is 11.8 Å². The zero-order chi connectivity index (χ0) is 17.2. The number of likely N-dealkylation sites (tertiary alicyclic amines) is 1. The predicted molar refractivity (Wildman–Crippen MR) is 104 cm³/mol. The van der Waals surface area contributed by atoms with Gasteiger partial charge in [0.15, 0.2) is 0 Å². The Morgan fingerprint density at radius 1 is 1.24 bits per heavy atom. The summed E-state index contributed by atoms with van der Waals surface area (Å²) in [5.74, 6) is 3.70. The Bertz CT molecular complexity index is 625. The van der Waals surface area contributed by atoms with Crippen LogP contribution in [0.15, 0.2) is 18.2 Å². The number of thioether (sulfide) groups is 1. The number of fused-ring (bicyclic) bond motifs is 1. The van der Waals surface area contributed by atoms with Gasteiger partial charge in [-0.25, -0.2) is 0 Å². The van der Waals surface area contributed by atoms with Crippen LogP contribution in [0, 0.1) is 5.92 Å². The number of rotatable bonds is 3. The molecule has 3 aliphatic rings. The molecule has 3 heterocycles. The van der Waals surface area contributed by atoms with Crippen LogP contribution in [0.25, 0.3) is 0 Å². The number of ether oxygens (including phenoxy) is 1. The van der Waals surface area contributed by atoms with Crippen LogP contribution in [-0.4, -0.2) is 61.6 Å². The predicted octanol–water partition coefficient (Wildman–Crippen LogP) is 2.67. The zero-order valence-electron chi connectivity index (χ0n) is 14.9. The van der Waals surface area contributed by atoms with Crippen molar-refractivity contribution in [3.05, 3.63) is 18.2 Å². The highest BCUT2D eigenvalue weighted by molar-refractivity contribution is 7.99. The van der Waals surface area contributed by atoms with Gasteiger partial charge < -0.3 is 15.0 Å². The molecular formula is C19H27N3O2S. The highest BCUT2D eigenvalue weighted by Gasteiger charge is 2.31. The number of nitrogens with zero attached hydrogens (tertiary/aromatic N) is 2. The fraction of sp³-hybridized carbons (Fsp3) is 0.632. The summed E-state index contributed by atoms with van der Waals surface area (Å²) in [4.78, 5) is 17.5. The monoisotopic (exact) mass is 361 g/mol. The van der Waals surface area contributed by atoms with Crippen molar-refractivity contribution in [2.75, 3.05) is 55.0 Å². The number of benzene rings is 1. The topological polar surface area (TPSA) is 44.8 Å². The molecule has 2 fully saturated rings. The third-order valence-electron chi connectivity index (χ3n) is 5.65. The lowest BCUT2D eigenvalue weighted by Gasteiger charge is -2.35. The minimum Gasteiger partial charge on any atom is -0.489 e. The molecule has 0 radical (unpaired) electrons. The van der Waals surface area contributed by atoms with Crippen molar-refractivity contribution in [2.45, 2.75) is 25.3 Å². The first-order chi connectivity index (χ1) is 12.2. The zero-order valence-corrected chi connectivity index (χ0v) is 15.7. The van der Waals surface area contributed by atoms with Crippen LogP contribution in [0.5, 0.6) is 5.75 Å². The van der Waals surface area contributed by atoms with E-state index in [0.717, 1.165) is 55.6 Å². The number of nitrogens with one attached hydrogen (secondary N) is 1. The molecule has 0 aliphatic carbocycles. The van der Waals surface area contributed by atoms with Gasteiger partial charge in [0, 0.05) is 24.8 Å². The Morgan fingerprint density at radius 3 is 2.84 bits per heavy atom. The first-order valence-corrected chi connectivity index (χ1v) is 10.5. The maximum atomic E-state index is 12.8. The molecule has 0 aromatic heterocycles.